The van der Waals surface area contributed by atoms with Crippen LogP contribution in [-0.2, 0) is 6.54 Å². The van der Waals surface area contributed by atoms with Gasteiger partial charge in [0.1, 0.15) is 0 Å². The zero-order chi connectivity index (χ0) is 17.8. The highest BCUT2D eigenvalue weighted by Crippen LogP contribution is 2.28. The zero-order valence-electron chi connectivity index (χ0n) is 15.4. The minimum atomic E-state index is 0.861. The van der Waals surface area contributed by atoms with Gasteiger partial charge in [-0.1, -0.05) is 67.6 Å². The van der Waals surface area contributed by atoms with Crippen molar-refractivity contribution in [2.75, 3.05) is 13.1 Å². The van der Waals surface area contributed by atoms with Crippen LogP contribution in [0.1, 0.15) is 25.5 Å². The first-order valence-electron chi connectivity index (χ1n) is 9.62. The minimum absolute atomic E-state index is 0.861. The average Bonchev–Trinajstić information content (AvgIpc) is 2.71. The quantitative estimate of drug-likeness (QED) is 0.609. The minimum Gasteiger partial charge on any atom is -0.297 e. The van der Waals surface area contributed by atoms with E-state index in [4.69, 9.17) is 4.98 Å². The summed E-state index contributed by atoms with van der Waals surface area (Å²) in [5.74, 6) is 0.861. The number of hydrogen-bond acceptors (Lipinski definition) is 2. The predicted molar refractivity (Wildman–Crippen MR) is 109 cm³/mol. The molecule has 2 heteroatoms. The number of pyridine rings is 1. The van der Waals surface area contributed by atoms with Crippen molar-refractivity contribution in [1.29, 1.82) is 0 Å². The monoisotopic (exact) mass is 342 g/mol. The Kier molecular flexibility index (Phi) is 5.12. The zero-order valence-corrected chi connectivity index (χ0v) is 15.4. The lowest BCUT2D eigenvalue weighted by atomic mass is 9.97. The molecule has 1 aliphatic rings. The number of aromatic nitrogens is 1. The average molecular weight is 342 g/mol. The molecule has 0 radical (unpaired) electrons. The molecule has 2 aromatic carbocycles. The van der Waals surface area contributed by atoms with Gasteiger partial charge in [0.05, 0.1) is 5.69 Å². The molecular formula is C24H26N2. The van der Waals surface area contributed by atoms with E-state index < -0.39 is 0 Å². The van der Waals surface area contributed by atoms with Crippen LogP contribution in [0.4, 0.5) is 0 Å². The smallest absolute Gasteiger partial charge is 0.0622 e. The van der Waals surface area contributed by atoms with Crippen LogP contribution in [-0.4, -0.2) is 23.0 Å². The number of rotatable bonds is 4. The van der Waals surface area contributed by atoms with Gasteiger partial charge in [-0.05, 0) is 54.6 Å². The first kappa shape index (κ1) is 17.0. The Morgan fingerprint density at radius 3 is 2.19 bits per heavy atom. The fourth-order valence-corrected chi connectivity index (χ4v) is 3.73. The Labute approximate surface area is 156 Å². The number of hydrogen-bond donors (Lipinski definition) is 0. The van der Waals surface area contributed by atoms with Crippen LogP contribution in [0, 0.1) is 5.92 Å². The predicted octanol–water partition coefficient (Wildman–Crippen LogP) is 5.65. The van der Waals surface area contributed by atoms with E-state index in [-0.39, 0.29) is 0 Å². The van der Waals surface area contributed by atoms with Crippen molar-refractivity contribution in [3.05, 3.63) is 78.6 Å². The molecule has 0 aliphatic carbocycles. The highest BCUT2D eigenvalue weighted by molar-refractivity contribution is 5.71. The summed E-state index contributed by atoms with van der Waals surface area (Å²) >= 11 is 0. The van der Waals surface area contributed by atoms with Gasteiger partial charge in [0.15, 0.2) is 0 Å². The highest BCUT2D eigenvalue weighted by Gasteiger charge is 2.17. The van der Waals surface area contributed by atoms with Gasteiger partial charge in [-0.25, -0.2) is 0 Å². The summed E-state index contributed by atoms with van der Waals surface area (Å²) in [6.07, 6.45) is 4.52. The highest BCUT2D eigenvalue weighted by atomic mass is 15.1. The fraction of sp³-hybridized carbons (Fsp3) is 0.292. The van der Waals surface area contributed by atoms with Gasteiger partial charge in [-0.15, -0.1) is 0 Å². The second-order valence-electron chi connectivity index (χ2n) is 7.40. The molecule has 1 saturated heterocycles. The van der Waals surface area contributed by atoms with E-state index in [0.29, 0.717) is 0 Å². The Morgan fingerprint density at radius 2 is 1.46 bits per heavy atom. The Bertz CT molecular complexity index is 832. The molecule has 26 heavy (non-hydrogen) atoms. The summed E-state index contributed by atoms with van der Waals surface area (Å²) in [5, 5.41) is 0. The first-order chi connectivity index (χ1) is 12.8. The second-order valence-corrected chi connectivity index (χ2v) is 7.40. The van der Waals surface area contributed by atoms with E-state index in [1.54, 1.807) is 0 Å². The number of likely N-dealkylation sites (tertiary alicyclic amines) is 1. The first-order valence-corrected chi connectivity index (χ1v) is 9.62. The Hall–Kier alpha value is -2.45. The number of nitrogens with zero attached hydrogens (tertiary/aromatic N) is 2. The van der Waals surface area contributed by atoms with Gasteiger partial charge in [-0.2, -0.15) is 0 Å². The normalized spacial score (nSPS) is 15.9. The summed E-state index contributed by atoms with van der Waals surface area (Å²) in [7, 11) is 0. The van der Waals surface area contributed by atoms with Gasteiger partial charge < -0.3 is 0 Å². The van der Waals surface area contributed by atoms with Crippen molar-refractivity contribution >= 4 is 0 Å². The molecule has 2 nitrogen and oxygen atoms in total. The Morgan fingerprint density at radius 1 is 0.808 bits per heavy atom. The summed E-state index contributed by atoms with van der Waals surface area (Å²) < 4.78 is 0. The van der Waals surface area contributed by atoms with Gasteiger partial charge in [0.2, 0.25) is 0 Å². The lowest BCUT2D eigenvalue weighted by Crippen LogP contribution is -2.32. The second kappa shape index (κ2) is 7.84. The van der Waals surface area contributed by atoms with Crippen molar-refractivity contribution in [3.63, 3.8) is 0 Å². The molecule has 2 heterocycles. The summed E-state index contributed by atoms with van der Waals surface area (Å²) in [6.45, 7) is 5.68. The van der Waals surface area contributed by atoms with Crippen LogP contribution in [0.25, 0.3) is 22.3 Å². The van der Waals surface area contributed by atoms with Crippen molar-refractivity contribution in [1.82, 2.24) is 9.88 Å². The SMILES string of the molecule is CC1CCN(Cc2ncccc2-c2ccc(-c3ccccc3)cc2)CC1. The lowest BCUT2D eigenvalue weighted by Gasteiger charge is -2.30. The van der Waals surface area contributed by atoms with Crippen LogP contribution in [0.5, 0.6) is 0 Å². The van der Waals surface area contributed by atoms with Crippen molar-refractivity contribution < 1.29 is 0 Å². The van der Waals surface area contributed by atoms with Gasteiger partial charge >= 0.3 is 0 Å². The maximum absolute atomic E-state index is 4.71. The third kappa shape index (κ3) is 3.86. The third-order valence-corrected chi connectivity index (χ3v) is 5.44. The molecule has 3 aromatic rings. The molecule has 0 N–H and O–H groups in total. The van der Waals surface area contributed by atoms with Gasteiger partial charge in [0.25, 0.3) is 0 Å². The maximum Gasteiger partial charge on any atom is 0.0622 e. The van der Waals surface area contributed by atoms with E-state index in [1.165, 1.54) is 53.9 Å². The van der Waals surface area contributed by atoms with E-state index in [1.807, 2.05) is 12.3 Å². The van der Waals surface area contributed by atoms with E-state index in [9.17, 15) is 0 Å². The molecule has 132 valence electrons. The molecule has 0 amide bonds. The molecule has 0 unspecified atom stereocenters. The van der Waals surface area contributed by atoms with Crippen molar-refractivity contribution in [2.45, 2.75) is 26.3 Å². The molecule has 1 aliphatic heterocycles. The van der Waals surface area contributed by atoms with Crippen LogP contribution in [0.15, 0.2) is 72.9 Å². The Balaban J connectivity index is 1.56. The van der Waals surface area contributed by atoms with Crippen LogP contribution in [0.3, 0.4) is 0 Å². The van der Waals surface area contributed by atoms with Gasteiger partial charge in [0, 0.05) is 18.3 Å². The molecular weight excluding hydrogens is 316 g/mol. The standard InChI is InChI=1S/C24H26N2/c1-19-13-16-26(17-14-19)18-24-23(8-5-15-25-24)22-11-9-21(10-12-22)20-6-3-2-4-7-20/h2-12,15,19H,13-14,16-18H2,1H3. The molecule has 1 aromatic heterocycles. The topological polar surface area (TPSA) is 16.1 Å². The fourth-order valence-electron chi connectivity index (χ4n) is 3.73. The van der Waals surface area contributed by atoms with E-state index in [2.05, 4.69) is 72.5 Å². The van der Waals surface area contributed by atoms with E-state index >= 15 is 0 Å². The van der Waals surface area contributed by atoms with Crippen molar-refractivity contribution in [3.8, 4) is 22.3 Å². The largest absolute Gasteiger partial charge is 0.297 e. The molecule has 1 fully saturated rings. The third-order valence-electron chi connectivity index (χ3n) is 5.44. The molecule has 4 rings (SSSR count). The summed E-state index contributed by atoms with van der Waals surface area (Å²) in [5.41, 5.74) is 6.20. The molecule has 0 saturated carbocycles. The van der Waals surface area contributed by atoms with Crippen LogP contribution < -0.4 is 0 Å². The summed E-state index contributed by atoms with van der Waals surface area (Å²) in [6, 6.07) is 23.7. The number of benzene rings is 2. The van der Waals surface area contributed by atoms with E-state index in [0.717, 1.165) is 12.5 Å². The van der Waals surface area contributed by atoms with Crippen LogP contribution in [0.2, 0.25) is 0 Å². The van der Waals surface area contributed by atoms with Gasteiger partial charge in [-0.3, -0.25) is 9.88 Å². The molecule has 0 spiro atoms. The van der Waals surface area contributed by atoms with Crippen LogP contribution >= 0.6 is 0 Å². The maximum atomic E-state index is 4.71. The summed E-state index contributed by atoms with van der Waals surface area (Å²) in [4.78, 5) is 7.25. The lowest BCUT2D eigenvalue weighted by molar-refractivity contribution is 0.183. The number of piperidine rings is 1. The van der Waals surface area contributed by atoms with Crippen molar-refractivity contribution in [2.24, 2.45) is 5.92 Å². The molecule has 0 atom stereocenters. The molecule has 0 bridgehead atoms.